The van der Waals surface area contributed by atoms with Crippen LogP contribution in [0.25, 0.3) is 0 Å². The molecule has 17 heavy (non-hydrogen) atoms. The van der Waals surface area contributed by atoms with Gasteiger partial charge >= 0.3 is 5.97 Å². The standard InChI is InChI=1S/C12H15Cl2NO2/c1-15(2)7-9(12(16)17)5-8-3-4-10(13)11(14)6-8/h3-4,6,9H,5,7H2,1-2H3,(H,16,17). The average Bonchev–Trinajstić information content (AvgIpc) is 2.21. The molecular formula is C12H15Cl2NO2. The summed E-state index contributed by atoms with van der Waals surface area (Å²) in [6.45, 7) is 0.496. The molecule has 5 heteroatoms. The molecule has 94 valence electrons. The second-order valence-electron chi connectivity index (χ2n) is 4.25. The van der Waals surface area contributed by atoms with Gasteiger partial charge in [-0.15, -0.1) is 0 Å². The summed E-state index contributed by atoms with van der Waals surface area (Å²) in [5.41, 5.74) is 0.883. The predicted octanol–water partition coefficient (Wildman–Crippen LogP) is 2.80. The minimum Gasteiger partial charge on any atom is -0.481 e. The van der Waals surface area contributed by atoms with Crippen LogP contribution in [0.2, 0.25) is 10.0 Å². The van der Waals surface area contributed by atoms with Crippen molar-refractivity contribution in [2.45, 2.75) is 6.42 Å². The smallest absolute Gasteiger partial charge is 0.308 e. The van der Waals surface area contributed by atoms with E-state index in [0.717, 1.165) is 5.56 Å². The minimum atomic E-state index is -0.801. The quantitative estimate of drug-likeness (QED) is 0.899. The SMILES string of the molecule is CN(C)CC(Cc1ccc(Cl)c(Cl)c1)C(=O)O. The monoisotopic (exact) mass is 275 g/mol. The second kappa shape index (κ2) is 6.24. The molecular weight excluding hydrogens is 261 g/mol. The van der Waals surface area contributed by atoms with Gasteiger partial charge in [-0.1, -0.05) is 29.3 Å². The normalized spacial score (nSPS) is 12.8. The Morgan fingerprint density at radius 1 is 1.35 bits per heavy atom. The maximum atomic E-state index is 11.1. The van der Waals surface area contributed by atoms with Crippen LogP contribution in [-0.2, 0) is 11.2 Å². The molecule has 0 aliphatic carbocycles. The molecule has 0 fully saturated rings. The fourth-order valence-electron chi connectivity index (χ4n) is 1.62. The molecule has 1 N–H and O–H groups in total. The molecule has 1 atom stereocenters. The van der Waals surface area contributed by atoms with Crippen molar-refractivity contribution in [3.8, 4) is 0 Å². The summed E-state index contributed by atoms with van der Waals surface area (Å²) in [5, 5.41) is 10.1. The summed E-state index contributed by atoms with van der Waals surface area (Å²) in [4.78, 5) is 13.0. The molecule has 0 radical (unpaired) electrons. The molecule has 0 saturated heterocycles. The van der Waals surface area contributed by atoms with E-state index in [1.54, 1.807) is 18.2 Å². The number of halogens is 2. The van der Waals surface area contributed by atoms with Crippen LogP contribution in [0.5, 0.6) is 0 Å². The highest BCUT2D eigenvalue weighted by atomic mass is 35.5. The molecule has 3 nitrogen and oxygen atoms in total. The summed E-state index contributed by atoms with van der Waals surface area (Å²) in [6.07, 6.45) is 0.449. The zero-order chi connectivity index (χ0) is 13.0. The lowest BCUT2D eigenvalue weighted by atomic mass is 9.99. The van der Waals surface area contributed by atoms with E-state index in [2.05, 4.69) is 0 Å². The predicted molar refractivity (Wildman–Crippen MR) is 69.8 cm³/mol. The first-order valence-corrected chi connectivity index (χ1v) is 5.97. The van der Waals surface area contributed by atoms with Crippen LogP contribution in [0.1, 0.15) is 5.56 Å². The van der Waals surface area contributed by atoms with Crippen LogP contribution < -0.4 is 0 Å². The van der Waals surface area contributed by atoms with Gasteiger partial charge < -0.3 is 10.0 Å². The van der Waals surface area contributed by atoms with Crippen molar-refractivity contribution in [3.63, 3.8) is 0 Å². The summed E-state index contributed by atoms with van der Waals surface area (Å²) in [5.74, 6) is -1.24. The highest BCUT2D eigenvalue weighted by Gasteiger charge is 2.19. The lowest BCUT2D eigenvalue weighted by molar-refractivity contribution is -0.142. The van der Waals surface area contributed by atoms with Crippen LogP contribution in [0, 0.1) is 5.92 Å². The topological polar surface area (TPSA) is 40.5 Å². The Balaban J connectivity index is 2.78. The van der Waals surface area contributed by atoms with Gasteiger partial charge in [0.15, 0.2) is 0 Å². The van der Waals surface area contributed by atoms with Crippen LogP contribution in [0.15, 0.2) is 18.2 Å². The highest BCUT2D eigenvalue weighted by molar-refractivity contribution is 6.42. The van der Waals surface area contributed by atoms with Gasteiger partial charge in [0.25, 0.3) is 0 Å². The molecule has 1 rings (SSSR count). The Bertz CT molecular complexity index is 407. The maximum absolute atomic E-state index is 11.1. The van der Waals surface area contributed by atoms with Gasteiger partial charge in [-0.3, -0.25) is 4.79 Å². The number of nitrogens with zero attached hydrogens (tertiary/aromatic N) is 1. The highest BCUT2D eigenvalue weighted by Crippen LogP contribution is 2.24. The van der Waals surface area contributed by atoms with Crippen LogP contribution >= 0.6 is 23.2 Å². The molecule has 0 aliphatic heterocycles. The Morgan fingerprint density at radius 3 is 2.47 bits per heavy atom. The Labute approximate surface area is 111 Å². The molecule has 1 unspecified atom stereocenters. The van der Waals surface area contributed by atoms with E-state index in [4.69, 9.17) is 28.3 Å². The average molecular weight is 276 g/mol. The third-order valence-electron chi connectivity index (χ3n) is 2.40. The Hall–Kier alpha value is -0.770. The lowest BCUT2D eigenvalue weighted by Gasteiger charge is -2.17. The van der Waals surface area contributed by atoms with Crippen LogP contribution in [0.3, 0.4) is 0 Å². The number of benzene rings is 1. The Morgan fingerprint density at radius 2 is 2.00 bits per heavy atom. The first-order valence-electron chi connectivity index (χ1n) is 5.21. The van der Waals surface area contributed by atoms with Crippen molar-refractivity contribution in [1.82, 2.24) is 4.90 Å². The van der Waals surface area contributed by atoms with Crippen molar-refractivity contribution < 1.29 is 9.90 Å². The summed E-state index contributed by atoms with van der Waals surface area (Å²) in [7, 11) is 3.70. The number of carboxylic acid groups (broad SMARTS) is 1. The lowest BCUT2D eigenvalue weighted by Crippen LogP contribution is -2.29. The molecule has 0 aromatic heterocycles. The number of hydrogen-bond donors (Lipinski definition) is 1. The molecule has 0 heterocycles. The van der Waals surface area contributed by atoms with E-state index in [-0.39, 0.29) is 0 Å². The van der Waals surface area contributed by atoms with Gasteiger partial charge in [0, 0.05) is 6.54 Å². The van der Waals surface area contributed by atoms with E-state index in [9.17, 15) is 4.79 Å². The van der Waals surface area contributed by atoms with Crippen molar-refractivity contribution >= 4 is 29.2 Å². The van der Waals surface area contributed by atoms with Gasteiger partial charge in [-0.05, 0) is 38.2 Å². The number of aliphatic carboxylic acids is 1. The maximum Gasteiger partial charge on any atom is 0.308 e. The van der Waals surface area contributed by atoms with Crippen LogP contribution in [-0.4, -0.2) is 36.6 Å². The second-order valence-corrected chi connectivity index (χ2v) is 5.06. The molecule has 0 spiro atoms. The third kappa shape index (κ3) is 4.54. The van der Waals surface area contributed by atoms with E-state index in [0.29, 0.717) is 23.0 Å². The molecule has 0 amide bonds. The van der Waals surface area contributed by atoms with Crippen molar-refractivity contribution in [2.75, 3.05) is 20.6 Å². The van der Waals surface area contributed by atoms with Crippen LogP contribution in [0.4, 0.5) is 0 Å². The number of rotatable bonds is 5. The van der Waals surface area contributed by atoms with Gasteiger partial charge in [0.2, 0.25) is 0 Å². The fourth-order valence-corrected chi connectivity index (χ4v) is 1.94. The van der Waals surface area contributed by atoms with E-state index >= 15 is 0 Å². The van der Waals surface area contributed by atoms with Gasteiger partial charge in [0.1, 0.15) is 0 Å². The first kappa shape index (κ1) is 14.3. The van der Waals surface area contributed by atoms with Crippen molar-refractivity contribution in [1.29, 1.82) is 0 Å². The molecule has 0 aliphatic rings. The molecule has 1 aromatic rings. The summed E-state index contributed by atoms with van der Waals surface area (Å²) < 4.78 is 0. The summed E-state index contributed by atoms with van der Waals surface area (Å²) >= 11 is 11.7. The molecule has 1 aromatic carbocycles. The van der Waals surface area contributed by atoms with E-state index in [1.165, 1.54) is 0 Å². The third-order valence-corrected chi connectivity index (χ3v) is 3.14. The zero-order valence-corrected chi connectivity index (χ0v) is 11.3. The largest absolute Gasteiger partial charge is 0.481 e. The minimum absolute atomic E-state index is 0.442. The molecule has 0 bridgehead atoms. The van der Waals surface area contributed by atoms with Crippen molar-refractivity contribution in [2.24, 2.45) is 5.92 Å². The number of carbonyl (C=O) groups is 1. The zero-order valence-electron chi connectivity index (χ0n) is 9.78. The van der Waals surface area contributed by atoms with Gasteiger partial charge in [0.05, 0.1) is 16.0 Å². The van der Waals surface area contributed by atoms with E-state index < -0.39 is 11.9 Å². The fraction of sp³-hybridized carbons (Fsp3) is 0.417. The number of carboxylic acids is 1. The van der Waals surface area contributed by atoms with Gasteiger partial charge in [-0.2, -0.15) is 0 Å². The van der Waals surface area contributed by atoms with Gasteiger partial charge in [-0.25, -0.2) is 0 Å². The number of hydrogen-bond acceptors (Lipinski definition) is 2. The summed E-state index contributed by atoms with van der Waals surface area (Å²) in [6, 6.07) is 5.21. The van der Waals surface area contributed by atoms with E-state index in [1.807, 2.05) is 19.0 Å². The Kier molecular flexibility index (Phi) is 5.25. The first-order chi connectivity index (χ1) is 7.90. The molecule has 0 saturated carbocycles. The van der Waals surface area contributed by atoms with Crippen molar-refractivity contribution in [3.05, 3.63) is 33.8 Å².